The first kappa shape index (κ1) is 16.5. The minimum atomic E-state index is -0.0697. The molecule has 0 radical (unpaired) electrons. The lowest BCUT2D eigenvalue weighted by Gasteiger charge is -2.28. The molecule has 0 bridgehead atoms. The highest BCUT2D eigenvalue weighted by molar-refractivity contribution is 5.78. The summed E-state index contributed by atoms with van der Waals surface area (Å²) >= 11 is 0. The van der Waals surface area contributed by atoms with Crippen LogP contribution in [-0.4, -0.2) is 43.2 Å². The van der Waals surface area contributed by atoms with Crippen molar-refractivity contribution in [1.29, 1.82) is 0 Å². The molecule has 3 heteroatoms. The van der Waals surface area contributed by atoms with Gasteiger partial charge in [-0.15, -0.1) is 0 Å². The Morgan fingerprint density at radius 2 is 1.91 bits per heavy atom. The van der Waals surface area contributed by atoms with Gasteiger partial charge in [0, 0.05) is 6.42 Å². The average Bonchev–Trinajstić information content (AvgIpc) is 3.20. The highest BCUT2D eigenvalue weighted by Gasteiger charge is 2.39. The molecule has 1 aliphatic heterocycles. The van der Waals surface area contributed by atoms with Crippen LogP contribution in [0.3, 0.4) is 0 Å². The monoisotopic (exact) mass is 316 g/mol. The molecule has 3 nitrogen and oxygen atoms in total. The lowest BCUT2D eigenvalue weighted by molar-refractivity contribution is -0.897. The Morgan fingerprint density at radius 1 is 1.22 bits per heavy atom. The van der Waals surface area contributed by atoms with Crippen molar-refractivity contribution in [1.82, 2.24) is 0 Å². The third-order valence-corrected chi connectivity index (χ3v) is 5.97. The fourth-order valence-corrected chi connectivity index (χ4v) is 4.30. The van der Waals surface area contributed by atoms with E-state index in [0.29, 0.717) is 5.92 Å². The number of benzene rings is 1. The molecule has 0 spiro atoms. The fourth-order valence-electron chi connectivity index (χ4n) is 4.30. The van der Waals surface area contributed by atoms with Crippen molar-refractivity contribution in [3.63, 3.8) is 0 Å². The molecule has 1 saturated heterocycles. The first-order valence-electron chi connectivity index (χ1n) is 9.20. The summed E-state index contributed by atoms with van der Waals surface area (Å²) in [6, 6.07) is 10.3. The summed E-state index contributed by atoms with van der Waals surface area (Å²) in [5, 5.41) is 0. The summed E-state index contributed by atoms with van der Waals surface area (Å²) in [4.78, 5) is 13.0. The smallest absolute Gasteiger partial charge is 0.314 e. The molecule has 1 heterocycles. The van der Waals surface area contributed by atoms with Crippen LogP contribution in [0.15, 0.2) is 30.3 Å². The van der Waals surface area contributed by atoms with Gasteiger partial charge in [0.2, 0.25) is 0 Å². The van der Waals surface area contributed by atoms with E-state index >= 15 is 0 Å². The van der Waals surface area contributed by atoms with Crippen molar-refractivity contribution in [2.24, 2.45) is 5.92 Å². The maximum Gasteiger partial charge on any atom is 0.314 e. The zero-order valence-corrected chi connectivity index (χ0v) is 14.5. The Balaban J connectivity index is 1.71. The van der Waals surface area contributed by atoms with Gasteiger partial charge in [-0.1, -0.05) is 43.2 Å². The Kier molecular flexibility index (Phi) is 5.05. The van der Waals surface area contributed by atoms with Crippen molar-refractivity contribution >= 4 is 5.97 Å². The standard InChI is InChI=1S/C20H30NO2/c1-3-21(2)14-13-18(15-21)23-20(22)19(17-11-7-8-12-17)16-9-5-4-6-10-16/h4-6,9-10,17-19H,3,7-8,11-15H2,1-2H3/q+1. The number of nitrogens with zero attached hydrogens (tertiary/aromatic N) is 1. The van der Waals surface area contributed by atoms with Crippen molar-refractivity contribution in [3.05, 3.63) is 35.9 Å². The van der Waals surface area contributed by atoms with Gasteiger partial charge >= 0.3 is 5.97 Å². The minimum Gasteiger partial charge on any atom is -0.456 e. The van der Waals surface area contributed by atoms with E-state index in [1.54, 1.807) is 0 Å². The van der Waals surface area contributed by atoms with Gasteiger partial charge < -0.3 is 9.22 Å². The van der Waals surface area contributed by atoms with Gasteiger partial charge in [0.05, 0.1) is 26.1 Å². The molecule has 3 atom stereocenters. The van der Waals surface area contributed by atoms with Crippen LogP contribution < -0.4 is 0 Å². The molecule has 1 aliphatic carbocycles. The van der Waals surface area contributed by atoms with E-state index < -0.39 is 0 Å². The van der Waals surface area contributed by atoms with Crippen LogP contribution in [0, 0.1) is 5.92 Å². The van der Waals surface area contributed by atoms with E-state index in [9.17, 15) is 4.79 Å². The molecule has 1 saturated carbocycles. The van der Waals surface area contributed by atoms with E-state index in [1.165, 1.54) is 12.8 Å². The summed E-state index contributed by atoms with van der Waals surface area (Å²) in [5.41, 5.74) is 1.13. The first-order valence-corrected chi connectivity index (χ1v) is 9.20. The van der Waals surface area contributed by atoms with Crippen LogP contribution in [0.4, 0.5) is 0 Å². The summed E-state index contributed by atoms with van der Waals surface area (Å²) in [7, 11) is 2.26. The van der Waals surface area contributed by atoms with E-state index in [4.69, 9.17) is 4.74 Å². The lowest BCUT2D eigenvalue weighted by atomic mass is 9.85. The molecule has 2 aliphatic rings. The highest BCUT2D eigenvalue weighted by atomic mass is 16.5. The second kappa shape index (κ2) is 7.04. The molecule has 1 aromatic rings. The number of rotatable bonds is 5. The second-order valence-electron chi connectivity index (χ2n) is 7.62. The molecule has 3 rings (SSSR count). The maximum atomic E-state index is 13.0. The predicted octanol–water partition coefficient (Wildman–Crippen LogP) is 3.74. The largest absolute Gasteiger partial charge is 0.456 e. The average molecular weight is 316 g/mol. The van der Waals surface area contributed by atoms with Gasteiger partial charge in [0.15, 0.2) is 6.10 Å². The van der Waals surface area contributed by atoms with Gasteiger partial charge in [-0.3, -0.25) is 4.79 Å². The number of esters is 1. The summed E-state index contributed by atoms with van der Waals surface area (Å²) in [5.74, 6) is 0.399. The Bertz CT molecular complexity index is 524. The summed E-state index contributed by atoms with van der Waals surface area (Å²) in [6.07, 6.45) is 5.90. The van der Waals surface area contributed by atoms with Crippen molar-refractivity contribution in [3.8, 4) is 0 Å². The predicted molar refractivity (Wildman–Crippen MR) is 92.1 cm³/mol. The Hall–Kier alpha value is -1.35. The number of hydrogen-bond acceptors (Lipinski definition) is 2. The first-order chi connectivity index (χ1) is 11.1. The van der Waals surface area contributed by atoms with E-state index in [1.807, 2.05) is 18.2 Å². The fraction of sp³-hybridized carbons (Fsp3) is 0.650. The number of carbonyl (C=O) groups is 1. The van der Waals surface area contributed by atoms with Gasteiger partial charge in [-0.2, -0.15) is 0 Å². The Morgan fingerprint density at radius 3 is 2.52 bits per heavy atom. The van der Waals surface area contributed by atoms with Crippen molar-refractivity contribution in [2.45, 2.75) is 51.0 Å². The zero-order valence-electron chi connectivity index (χ0n) is 14.5. The molecule has 126 valence electrons. The van der Waals surface area contributed by atoms with E-state index in [0.717, 1.165) is 48.9 Å². The number of likely N-dealkylation sites (N-methyl/N-ethyl adjacent to an activating group) is 1. The summed E-state index contributed by atoms with van der Waals surface area (Å²) in [6.45, 7) is 5.41. The molecular weight excluding hydrogens is 286 g/mol. The molecule has 3 unspecified atom stereocenters. The molecular formula is C20H30NO2+. The van der Waals surface area contributed by atoms with Gasteiger partial charge in [-0.25, -0.2) is 0 Å². The molecule has 23 heavy (non-hydrogen) atoms. The van der Waals surface area contributed by atoms with Crippen LogP contribution in [0.1, 0.15) is 50.5 Å². The van der Waals surface area contributed by atoms with E-state index in [2.05, 4.69) is 26.1 Å². The number of ether oxygens (including phenoxy) is 1. The van der Waals surface area contributed by atoms with Gasteiger partial charge in [-0.05, 0) is 31.2 Å². The number of likely N-dealkylation sites (tertiary alicyclic amines) is 1. The normalized spacial score (nSPS) is 29.6. The van der Waals surface area contributed by atoms with Crippen LogP contribution in [-0.2, 0) is 9.53 Å². The van der Waals surface area contributed by atoms with Crippen molar-refractivity contribution in [2.75, 3.05) is 26.7 Å². The highest BCUT2D eigenvalue weighted by Crippen LogP contribution is 2.38. The molecule has 1 aromatic carbocycles. The number of quaternary nitrogens is 1. The second-order valence-corrected chi connectivity index (χ2v) is 7.62. The number of hydrogen-bond donors (Lipinski definition) is 0. The third kappa shape index (κ3) is 3.77. The molecule has 0 N–H and O–H groups in total. The van der Waals surface area contributed by atoms with Crippen molar-refractivity contribution < 1.29 is 14.0 Å². The molecule has 0 aromatic heterocycles. The molecule has 0 amide bonds. The lowest BCUT2D eigenvalue weighted by Crippen LogP contribution is -2.42. The maximum absolute atomic E-state index is 13.0. The third-order valence-electron chi connectivity index (χ3n) is 5.97. The molecule has 2 fully saturated rings. The summed E-state index contributed by atoms with van der Waals surface area (Å²) < 4.78 is 7.01. The van der Waals surface area contributed by atoms with Gasteiger partial charge in [0.1, 0.15) is 6.54 Å². The SMILES string of the molecule is CC[N+]1(C)CCC(OC(=O)C(c2ccccc2)C2CCCC2)C1. The van der Waals surface area contributed by atoms with Gasteiger partial charge in [0.25, 0.3) is 0 Å². The topological polar surface area (TPSA) is 26.3 Å². The number of carbonyl (C=O) groups excluding carboxylic acids is 1. The Labute approximate surface area is 140 Å². The zero-order chi connectivity index (χ0) is 16.3. The quantitative estimate of drug-likeness (QED) is 0.611. The minimum absolute atomic E-state index is 0.0117. The van der Waals surface area contributed by atoms with Crippen LogP contribution in [0.25, 0.3) is 0 Å². The van der Waals surface area contributed by atoms with Crippen LogP contribution in [0.2, 0.25) is 0 Å². The van der Waals surface area contributed by atoms with E-state index in [-0.39, 0.29) is 18.0 Å². The van der Waals surface area contributed by atoms with Crippen LogP contribution >= 0.6 is 0 Å². The van der Waals surface area contributed by atoms with Crippen LogP contribution in [0.5, 0.6) is 0 Å².